The van der Waals surface area contributed by atoms with Gasteiger partial charge >= 0.3 is 0 Å². The van der Waals surface area contributed by atoms with E-state index in [4.69, 9.17) is 0 Å². The van der Waals surface area contributed by atoms with Gasteiger partial charge in [0.15, 0.2) is 0 Å². The number of fused-ring (bicyclic) bond motifs is 1. The zero-order valence-electron chi connectivity index (χ0n) is 14.8. The van der Waals surface area contributed by atoms with Gasteiger partial charge in [-0.2, -0.15) is 0 Å². The molecule has 1 heterocycles. The zero-order chi connectivity index (χ0) is 17.5. The van der Waals surface area contributed by atoms with Crippen molar-refractivity contribution in [3.63, 3.8) is 0 Å². The monoisotopic (exact) mass is 340 g/mol. The number of likely N-dealkylation sites (tertiary alicyclic amines) is 1. The molecule has 1 amide bonds. The molecule has 3 rings (SSSR count). The summed E-state index contributed by atoms with van der Waals surface area (Å²) in [5, 5.41) is 14.7. The summed E-state index contributed by atoms with van der Waals surface area (Å²) >= 11 is 0. The number of nitrogens with one attached hydrogen (secondary N) is 1. The van der Waals surface area contributed by atoms with E-state index in [1.807, 2.05) is 24.3 Å². The van der Waals surface area contributed by atoms with Crippen molar-refractivity contribution in [2.45, 2.75) is 38.1 Å². The Morgan fingerprint density at radius 1 is 1.16 bits per heavy atom. The summed E-state index contributed by atoms with van der Waals surface area (Å²) in [7, 11) is 0. The Bertz CT molecular complexity index is 696. The molecule has 2 N–H and O–H groups in total. The van der Waals surface area contributed by atoms with Crippen LogP contribution in [0.25, 0.3) is 10.8 Å². The Hall–Kier alpha value is -1.91. The molecule has 1 atom stereocenters. The molecule has 0 bridgehead atoms. The van der Waals surface area contributed by atoms with Crippen molar-refractivity contribution in [2.75, 3.05) is 26.2 Å². The number of carbonyl (C=O) groups excluding carboxylic acids is 1. The highest BCUT2D eigenvalue weighted by molar-refractivity contribution is 5.90. The van der Waals surface area contributed by atoms with E-state index in [1.165, 1.54) is 11.8 Å². The third-order valence-electron chi connectivity index (χ3n) is 5.14. The first kappa shape index (κ1) is 17.9. The molecule has 1 fully saturated rings. The number of amides is 1. The Balaban J connectivity index is 1.39. The number of unbranched alkanes of at least 4 members (excludes halogenated alkanes) is 1. The van der Waals surface area contributed by atoms with Crippen LogP contribution in [0, 0.1) is 0 Å². The highest BCUT2D eigenvalue weighted by atomic mass is 16.3. The van der Waals surface area contributed by atoms with Crippen molar-refractivity contribution in [1.82, 2.24) is 10.2 Å². The minimum atomic E-state index is 0.0887. The van der Waals surface area contributed by atoms with E-state index in [2.05, 4.69) is 28.4 Å². The third-order valence-corrected chi connectivity index (χ3v) is 5.14. The summed E-state index contributed by atoms with van der Waals surface area (Å²) < 4.78 is 0. The molecule has 4 nitrogen and oxygen atoms in total. The van der Waals surface area contributed by atoms with Crippen LogP contribution in [-0.4, -0.2) is 48.2 Å². The van der Waals surface area contributed by atoms with Crippen LogP contribution < -0.4 is 5.32 Å². The summed E-state index contributed by atoms with van der Waals surface area (Å²) in [4.78, 5) is 14.6. The van der Waals surface area contributed by atoms with Gasteiger partial charge in [-0.3, -0.25) is 9.69 Å². The van der Waals surface area contributed by atoms with Gasteiger partial charge in [-0.25, -0.2) is 0 Å². The van der Waals surface area contributed by atoms with Gasteiger partial charge in [-0.05, 0) is 55.1 Å². The van der Waals surface area contributed by atoms with Gasteiger partial charge in [0.2, 0.25) is 5.91 Å². The van der Waals surface area contributed by atoms with E-state index in [0.717, 1.165) is 49.8 Å². The Morgan fingerprint density at radius 2 is 2.00 bits per heavy atom. The number of rotatable bonds is 8. The lowest BCUT2D eigenvalue weighted by atomic mass is 10.0. The van der Waals surface area contributed by atoms with E-state index >= 15 is 0 Å². The average molecular weight is 340 g/mol. The topological polar surface area (TPSA) is 52.6 Å². The van der Waals surface area contributed by atoms with Crippen molar-refractivity contribution >= 4 is 16.7 Å². The van der Waals surface area contributed by atoms with Gasteiger partial charge in [0.05, 0.1) is 13.0 Å². The summed E-state index contributed by atoms with van der Waals surface area (Å²) in [6.07, 6.45) is 4.77. The van der Waals surface area contributed by atoms with Crippen molar-refractivity contribution < 1.29 is 9.90 Å². The van der Waals surface area contributed by atoms with Crippen LogP contribution >= 0.6 is 0 Å². The van der Waals surface area contributed by atoms with Crippen molar-refractivity contribution in [3.8, 4) is 0 Å². The molecule has 134 valence electrons. The first-order chi connectivity index (χ1) is 12.3. The summed E-state index contributed by atoms with van der Waals surface area (Å²) in [6.45, 7) is 3.10. The zero-order valence-corrected chi connectivity index (χ0v) is 14.8. The van der Waals surface area contributed by atoms with Gasteiger partial charge in [0.25, 0.3) is 0 Å². The second kappa shape index (κ2) is 8.97. The molecule has 2 aromatic carbocycles. The first-order valence-electron chi connectivity index (χ1n) is 9.36. The predicted octanol–water partition coefficient (Wildman–Crippen LogP) is 2.74. The smallest absolute Gasteiger partial charge is 0.224 e. The lowest BCUT2D eigenvalue weighted by Crippen LogP contribution is -2.33. The maximum absolute atomic E-state index is 12.2. The summed E-state index contributed by atoms with van der Waals surface area (Å²) in [5.41, 5.74) is 1.08. The number of carbonyl (C=O) groups is 1. The van der Waals surface area contributed by atoms with Gasteiger partial charge in [0, 0.05) is 12.6 Å². The predicted molar refractivity (Wildman–Crippen MR) is 102 cm³/mol. The van der Waals surface area contributed by atoms with Crippen molar-refractivity contribution in [1.29, 1.82) is 0 Å². The molecule has 0 aliphatic carbocycles. The molecule has 0 saturated carbocycles. The molecule has 0 aromatic heterocycles. The second-order valence-corrected chi connectivity index (χ2v) is 6.89. The summed E-state index contributed by atoms with van der Waals surface area (Å²) in [5.74, 6) is 0.0887. The normalized spacial score (nSPS) is 17.9. The lowest BCUT2D eigenvalue weighted by molar-refractivity contribution is -0.120. The highest BCUT2D eigenvalue weighted by Crippen LogP contribution is 2.19. The first-order valence-corrected chi connectivity index (χ1v) is 9.36. The quantitative estimate of drug-likeness (QED) is 0.727. The van der Waals surface area contributed by atoms with Gasteiger partial charge in [-0.15, -0.1) is 0 Å². The molecule has 1 aliphatic heterocycles. The van der Waals surface area contributed by atoms with Gasteiger partial charge in [0.1, 0.15) is 0 Å². The fourth-order valence-electron chi connectivity index (χ4n) is 3.75. The highest BCUT2D eigenvalue weighted by Gasteiger charge is 2.22. The van der Waals surface area contributed by atoms with Crippen LogP contribution in [-0.2, 0) is 11.2 Å². The molecular formula is C21H28N2O2. The molecule has 1 aliphatic rings. The number of benzene rings is 2. The summed E-state index contributed by atoms with van der Waals surface area (Å²) in [6, 6.07) is 14.7. The fourth-order valence-corrected chi connectivity index (χ4v) is 3.75. The number of aliphatic hydroxyl groups excluding tert-OH is 1. The van der Waals surface area contributed by atoms with E-state index in [9.17, 15) is 9.90 Å². The molecule has 1 unspecified atom stereocenters. The van der Waals surface area contributed by atoms with Crippen LogP contribution in [0.2, 0.25) is 0 Å². The Morgan fingerprint density at radius 3 is 2.88 bits per heavy atom. The molecule has 25 heavy (non-hydrogen) atoms. The lowest BCUT2D eigenvalue weighted by Gasteiger charge is -2.22. The maximum Gasteiger partial charge on any atom is 0.224 e. The van der Waals surface area contributed by atoms with Crippen LogP contribution in [0.1, 0.15) is 31.2 Å². The molecule has 1 saturated heterocycles. The second-order valence-electron chi connectivity index (χ2n) is 6.89. The van der Waals surface area contributed by atoms with Gasteiger partial charge in [-0.1, -0.05) is 42.5 Å². The van der Waals surface area contributed by atoms with Crippen molar-refractivity contribution in [3.05, 3.63) is 48.0 Å². The van der Waals surface area contributed by atoms with Crippen LogP contribution in [0.4, 0.5) is 0 Å². The minimum Gasteiger partial charge on any atom is -0.395 e. The van der Waals surface area contributed by atoms with E-state index < -0.39 is 0 Å². The molecule has 2 aromatic rings. The number of aliphatic hydroxyl groups is 1. The largest absolute Gasteiger partial charge is 0.395 e. The molecule has 0 radical (unpaired) electrons. The number of hydrogen-bond acceptors (Lipinski definition) is 3. The average Bonchev–Trinajstić information content (AvgIpc) is 3.09. The standard InChI is InChI=1S/C21H28N2O2/c24-16-19-10-6-14-23(19)13-4-3-12-22-21(25)15-18-9-5-8-17-7-1-2-11-20(17)18/h1-2,5,7-9,11,19,24H,3-4,6,10,12-16H2,(H,22,25). The number of hydrogen-bond donors (Lipinski definition) is 2. The third kappa shape index (κ3) is 4.80. The van der Waals surface area contributed by atoms with Crippen molar-refractivity contribution in [2.24, 2.45) is 0 Å². The van der Waals surface area contributed by atoms with E-state index in [0.29, 0.717) is 12.5 Å². The SMILES string of the molecule is O=C(Cc1cccc2ccccc12)NCCCCN1CCCC1CO. The molecule has 0 spiro atoms. The van der Waals surface area contributed by atoms with Gasteiger partial charge < -0.3 is 10.4 Å². The van der Waals surface area contributed by atoms with Crippen LogP contribution in [0.5, 0.6) is 0 Å². The maximum atomic E-state index is 12.2. The fraction of sp³-hybridized carbons (Fsp3) is 0.476. The van der Waals surface area contributed by atoms with E-state index in [1.54, 1.807) is 0 Å². The van der Waals surface area contributed by atoms with Crippen LogP contribution in [0.15, 0.2) is 42.5 Å². The Labute approximate surface area is 149 Å². The number of nitrogens with zero attached hydrogens (tertiary/aromatic N) is 1. The molecular weight excluding hydrogens is 312 g/mol. The Kier molecular flexibility index (Phi) is 6.42. The molecule has 4 heteroatoms. The minimum absolute atomic E-state index is 0.0887. The van der Waals surface area contributed by atoms with Crippen LogP contribution in [0.3, 0.4) is 0 Å². The van der Waals surface area contributed by atoms with E-state index in [-0.39, 0.29) is 12.5 Å².